The van der Waals surface area contributed by atoms with Gasteiger partial charge < -0.3 is 26.6 Å². The minimum absolute atomic E-state index is 0. The Morgan fingerprint density at radius 3 is 2.67 bits per heavy atom. The zero-order valence-corrected chi connectivity index (χ0v) is 18.8. The molecule has 3 aliphatic rings. The van der Waals surface area contributed by atoms with Crippen molar-refractivity contribution in [3.8, 4) is 0 Å². The Hall–Kier alpha value is -2.01. The smallest absolute Gasteiger partial charge is 0.131 e. The van der Waals surface area contributed by atoms with Crippen molar-refractivity contribution in [3.05, 3.63) is 90.6 Å². The lowest BCUT2D eigenvalue weighted by molar-refractivity contribution is -0.984. The van der Waals surface area contributed by atoms with Crippen LogP contribution in [0.4, 0.5) is 0 Å². The van der Waals surface area contributed by atoms with Gasteiger partial charge in [0.2, 0.25) is 0 Å². The fourth-order valence-electron chi connectivity index (χ4n) is 5.91. The highest BCUT2D eigenvalue weighted by Gasteiger charge is 2.53. The third-order valence-electron chi connectivity index (χ3n) is 7.38. The standard InChI is InChI=1S/C26H29N2O.BrH/c1-2-20-18-28(17-19-8-4-3-5-9-19)15-13-21(20)16-25(28)26(29)23-12-14-27-24-11-7-6-10-22(23)24;/h2-12,14,20-21,25-26,29H,1,13,15-18H2;1H/q+1;/p-1/t20-,21-,25-,26+,28+;/m0./s1. The van der Waals surface area contributed by atoms with Crippen LogP contribution >= 0.6 is 0 Å². The van der Waals surface area contributed by atoms with Gasteiger partial charge in [0.05, 0.1) is 18.6 Å². The van der Waals surface area contributed by atoms with Crippen LogP contribution in [-0.4, -0.2) is 33.7 Å². The number of halogens is 1. The van der Waals surface area contributed by atoms with Gasteiger partial charge in [-0.05, 0) is 23.6 Å². The normalized spacial score (nSPS) is 28.6. The Labute approximate surface area is 189 Å². The van der Waals surface area contributed by atoms with Gasteiger partial charge in [-0.15, -0.1) is 6.58 Å². The Bertz CT molecular complexity index is 1020. The molecule has 5 atom stereocenters. The van der Waals surface area contributed by atoms with Gasteiger partial charge >= 0.3 is 0 Å². The number of rotatable bonds is 5. The number of pyridine rings is 1. The monoisotopic (exact) mass is 464 g/mol. The van der Waals surface area contributed by atoms with Crippen LogP contribution in [0.5, 0.6) is 0 Å². The van der Waals surface area contributed by atoms with Gasteiger partial charge in [-0.1, -0.05) is 54.6 Å². The Balaban J connectivity index is 0.00000218. The van der Waals surface area contributed by atoms with Crippen LogP contribution in [0.3, 0.4) is 0 Å². The van der Waals surface area contributed by atoms with E-state index in [0.29, 0.717) is 11.8 Å². The van der Waals surface area contributed by atoms with Crippen LogP contribution in [0, 0.1) is 11.8 Å². The van der Waals surface area contributed by atoms with Crippen molar-refractivity contribution in [3.63, 3.8) is 0 Å². The molecule has 3 aliphatic heterocycles. The maximum absolute atomic E-state index is 11.7. The lowest BCUT2D eigenvalue weighted by Crippen LogP contribution is -3.00. The first-order valence-electron chi connectivity index (χ1n) is 10.7. The topological polar surface area (TPSA) is 33.1 Å². The van der Waals surface area contributed by atoms with Crippen molar-refractivity contribution in [2.75, 3.05) is 13.1 Å². The van der Waals surface area contributed by atoms with E-state index < -0.39 is 6.10 Å². The van der Waals surface area contributed by atoms with E-state index in [9.17, 15) is 5.11 Å². The molecule has 156 valence electrons. The van der Waals surface area contributed by atoms with Crippen molar-refractivity contribution in [2.45, 2.75) is 31.5 Å². The number of aliphatic hydroxyl groups is 1. The average Bonchev–Trinajstić information content (AvgIpc) is 2.78. The molecule has 4 heterocycles. The highest BCUT2D eigenvalue weighted by molar-refractivity contribution is 5.82. The van der Waals surface area contributed by atoms with Crippen LogP contribution < -0.4 is 17.0 Å². The minimum Gasteiger partial charge on any atom is -1.00 e. The first-order valence-corrected chi connectivity index (χ1v) is 10.7. The number of hydrogen-bond donors (Lipinski definition) is 1. The first kappa shape index (κ1) is 21.2. The summed E-state index contributed by atoms with van der Waals surface area (Å²) in [6, 6.07) is 21.2. The zero-order chi connectivity index (χ0) is 19.8. The summed E-state index contributed by atoms with van der Waals surface area (Å²) in [6.07, 6.45) is 5.79. The van der Waals surface area contributed by atoms with E-state index in [0.717, 1.165) is 47.0 Å². The molecule has 0 amide bonds. The molecule has 0 aliphatic carbocycles. The van der Waals surface area contributed by atoms with E-state index in [-0.39, 0.29) is 23.0 Å². The predicted octanol–water partition coefficient (Wildman–Crippen LogP) is 1.88. The summed E-state index contributed by atoms with van der Waals surface area (Å²) in [5.41, 5.74) is 3.33. The number of quaternary nitrogens is 1. The molecule has 2 aromatic carbocycles. The van der Waals surface area contributed by atoms with Gasteiger partial charge in [0.15, 0.2) is 0 Å². The molecule has 30 heavy (non-hydrogen) atoms. The maximum Gasteiger partial charge on any atom is 0.131 e. The van der Waals surface area contributed by atoms with Crippen molar-refractivity contribution in [1.82, 2.24) is 4.98 Å². The molecular formula is C26H29BrN2O. The van der Waals surface area contributed by atoms with Gasteiger partial charge in [-0.3, -0.25) is 4.98 Å². The molecule has 2 bridgehead atoms. The molecule has 0 saturated carbocycles. The van der Waals surface area contributed by atoms with Gasteiger partial charge in [0.25, 0.3) is 0 Å². The second-order valence-electron chi connectivity index (χ2n) is 8.88. The predicted molar refractivity (Wildman–Crippen MR) is 117 cm³/mol. The first-order chi connectivity index (χ1) is 14.2. The molecule has 1 aromatic heterocycles. The van der Waals surface area contributed by atoms with E-state index >= 15 is 0 Å². The molecular weight excluding hydrogens is 436 g/mol. The third-order valence-corrected chi connectivity index (χ3v) is 7.38. The van der Waals surface area contributed by atoms with Crippen molar-refractivity contribution in [2.24, 2.45) is 11.8 Å². The largest absolute Gasteiger partial charge is 1.00 e. The third kappa shape index (κ3) is 3.62. The van der Waals surface area contributed by atoms with Crippen LogP contribution in [0.1, 0.15) is 30.1 Å². The van der Waals surface area contributed by atoms with E-state index in [2.05, 4.69) is 54.0 Å². The van der Waals surface area contributed by atoms with Crippen LogP contribution in [0.25, 0.3) is 10.9 Å². The number of fused-ring (bicyclic) bond motifs is 4. The average molecular weight is 465 g/mol. The minimum atomic E-state index is -0.486. The van der Waals surface area contributed by atoms with E-state index in [1.165, 1.54) is 12.0 Å². The highest BCUT2D eigenvalue weighted by Crippen LogP contribution is 2.47. The second-order valence-corrected chi connectivity index (χ2v) is 8.88. The van der Waals surface area contributed by atoms with Crippen molar-refractivity contribution < 1.29 is 26.6 Å². The fraction of sp³-hybridized carbons (Fsp3) is 0.346. The molecule has 3 fully saturated rings. The molecule has 0 spiro atoms. The van der Waals surface area contributed by atoms with Crippen LogP contribution in [-0.2, 0) is 6.54 Å². The van der Waals surface area contributed by atoms with E-state index in [1.807, 2.05) is 30.5 Å². The Kier molecular flexibility index (Phi) is 6.10. The summed E-state index contributed by atoms with van der Waals surface area (Å²) in [4.78, 5) is 4.50. The molecule has 1 N–H and O–H groups in total. The van der Waals surface area contributed by atoms with Gasteiger partial charge in [-0.25, -0.2) is 0 Å². The lowest BCUT2D eigenvalue weighted by atomic mass is 9.71. The van der Waals surface area contributed by atoms with Gasteiger partial charge in [0.1, 0.15) is 18.7 Å². The summed E-state index contributed by atoms with van der Waals surface area (Å²) in [7, 11) is 0. The second kappa shape index (κ2) is 8.62. The summed E-state index contributed by atoms with van der Waals surface area (Å²) < 4.78 is 0.953. The van der Waals surface area contributed by atoms with Gasteiger partial charge in [-0.2, -0.15) is 0 Å². The molecule has 4 heteroatoms. The number of nitrogens with zero attached hydrogens (tertiary/aromatic N) is 2. The number of para-hydroxylation sites is 1. The van der Waals surface area contributed by atoms with Gasteiger partial charge in [0, 0.05) is 35.9 Å². The number of aliphatic hydroxyl groups excluding tert-OH is 1. The van der Waals surface area contributed by atoms with Crippen molar-refractivity contribution >= 4 is 10.9 Å². The maximum atomic E-state index is 11.7. The number of piperidine rings is 3. The number of aromatic nitrogens is 1. The molecule has 3 aromatic rings. The van der Waals surface area contributed by atoms with Crippen LogP contribution in [0.15, 0.2) is 79.5 Å². The van der Waals surface area contributed by atoms with E-state index in [1.54, 1.807) is 0 Å². The van der Waals surface area contributed by atoms with E-state index in [4.69, 9.17) is 0 Å². The molecule has 0 unspecified atom stereocenters. The quantitative estimate of drug-likeness (QED) is 0.461. The molecule has 6 rings (SSSR count). The fourth-order valence-corrected chi connectivity index (χ4v) is 5.91. The lowest BCUT2D eigenvalue weighted by Gasteiger charge is -2.58. The Morgan fingerprint density at radius 1 is 1.10 bits per heavy atom. The highest BCUT2D eigenvalue weighted by atomic mass is 79.9. The summed E-state index contributed by atoms with van der Waals surface area (Å²) in [5.74, 6) is 1.18. The molecule has 3 nitrogen and oxygen atoms in total. The molecule has 3 saturated heterocycles. The summed E-state index contributed by atoms with van der Waals surface area (Å²) >= 11 is 0. The summed E-state index contributed by atoms with van der Waals surface area (Å²) in [6.45, 7) is 7.32. The summed E-state index contributed by atoms with van der Waals surface area (Å²) in [5, 5.41) is 12.8. The zero-order valence-electron chi connectivity index (χ0n) is 17.2. The number of hydrogen-bond acceptors (Lipinski definition) is 2. The number of benzene rings is 2. The van der Waals surface area contributed by atoms with Crippen LogP contribution in [0.2, 0.25) is 0 Å². The SMILES string of the molecule is C=C[C@H]1C[N@+]2(Cc3ccccc3)CC[C@H]1C[C@H]2[C@H](O)c1ccnc2ccccc12.[Br-]. The molecule has 0 radical (unpaired) electrons. The Morgan fingerprint density at radius 2 is 1.87 bits per heavy atom. The van der Waals surface area contributed by atoms with Crippen molar-refractivity contribution in [1.29, 1.82) is 0 Å².